The molecule has 0 spiro atoms. The Morgan fingerprint density at radius 2 is 0.980 bits per heavy atom. The van der Waals surface area contributed by atoms with Crippen molar-refractivity contribution in [3.8, 4) is 45.6 Å². The molecular formula is C37H46O11S. The Morgan fingerprint density at radius 3 is 1.29 bits per heavy atom. The van der Waals surface area contributed by atoms with Gasteiger partial charge in [-0.2, -0.15) is 8.42 Å². The predicted octanol–water partition coefficient (Wildman–Crippen LogP) is 8.23. The number of fused-ring (bicyclic) bond motifs is 2. The van der Waals surface area contributed by atoms with Crippen molar-refractivity contribution in [1.29, 1.82) is 0 Å². The molecule has 12 heteroatoms. The van der Waals surface area contributed by atoms with Gasteiger partial charge in [0.15, 0.2) is 35.6 Å². The Hall–Kier alpha value is -4.55. The Labute approximate surface area is 286 Å². The first-order chi connectivity index (χ1) is 22.9. The topological polar surface area (TPSA) is 210 Å². The van der Waals surface area contributed by atoms with Crippen LogP contribution in [-0.2, 0) is 10.1 Å². The number of hydrogen-bond acceptors (Lipinski definition) is 10. The summed E-state index contributed by atoms with van der Waals surface area (Å²) in [5.41, 5.74) is 1.33. The van der Waals surface area contributed by atoms with Crippen LogP contribution in [0.5, 0.6) is 34.5 Å². The molecule has 0 bridgehead atoms. The zero-order valence-corrected chi connectivity index (χ0v) is 29.7. The predicted molar refractivity (Wildman–Crippen MR) is 190 cm³/mol. The van der Waals surface area contributed by atoms with Gasteiger partial charge in [-0.15, -0.1) is 0 Å². The third-order valence-corrected chi connectivity index (χ3v) is 9.54. The second-order valence-electron chi connectivity index (χ2n) is 13.0. The third-order valence-electron chi connectivity index (χ3n) is 8.73. The number of carbonyl (C=O) groups is 2. The highest BCUT2D eigenvalue weighted by molar-refractivity contribution is 7.85. The van der Waals surface area contributed by atoms with E-state index >= 15 is 0 Å². The molecule has 0 aromatic heterocycles. The van der Waals surface area contributed by atoms with Crippen LogP contribution in [0.4, 0.5) is 0 Å². The minimum absolute atomic E-state index is 0.00512. The summed E-state index contributed by atoms with van der Waals surface area (Å²) in [4.78, 5) is 24.0. The number of hydrogen-bond donors (Lipinski definition) is 7. The van der Waals surface area contributed by atoms with Crippen molar-refractivity contribution in [3.63, 3.8) is 0 Å². The number of carbonyl (C=O) groups excluding carboxylic acids is 2. The first kappa shape index (κ1) is 38.9. The smallest absolute Gasteiger partial charge is 0.264 e. The Kier molecular flexibility index (Phi) is 12.2. The molecule has 0 aliphatic heterocycles. The zero-order chi connectivity index (χ0) is 37.1. The molecule has 0 aliphatic rings. The molecular weight excluding hydrogens is 652 g/mol. The van der Waals surface area contributed by atoms with Gasteiger partial charge in [0.25, 0.3) is 10.1 Å². The van der Waals surface area contributed by atoms with Gasteiger partial charge in [-0.05, 0) is 54.0 Å². The van der Waals surface area contributed by atoms with Gasteiger partial charge in [0.05, 0.1) is 16.9 Å². The monoisotopic (exact) mass is 698 g/mol. The normalized spacial score (nSPS) is 11.7. The van der Waals surface area contributed by atoms with Gasteiger partial charge in [-0.3, -0.25) is 14.1 Å². The molecule has 0 fully saturated rings. The molecule has 0 heterocycles. The minimum Gasteiger partial charge on any atom is -0.507 e. The fourth-order valence-electron chi connectivity index (χ4n) is 6.49. The molecule has 0 atom stereocenters. The summed E-state index contributed by atoms with van der Waals surface area (Å²) in [6, 6.07) is 3.31. The van der Waals surface area contributed by atoms with E-state index in [2.05, 4.69) is 6.92 Å². The van der Waals surface area contributed by atoms with Crippen molar-refractivity contribution >= 4 is 44.2 Å². The quantitative estimate of drug-likeness (QED) is 0.0343. The number of rotatable bonds is 11. The molecule has 266 valence electrons. The van der Waals surface area contributed by atoms with E-state index in [1.807, 2.05) is 0 Å². The van der Waals surface area contributed by atoms with E-state index in [1.165, 1.54) is 0 Å². The van der Waals surface area contributed by atoms with Crippen LogP contribution < -0.4 is 0 Å². The fraction of sp³-hybridized carbons (Fsp3) is 0.405. The number of aromatic hydroxyl groups is 6. The average molecular weight is 699 g/mol. The molecule has 0 amide bonds. The first-order valence-corrected chi connectivity index (χ1v) is 17.8. The molecule has 0 unspecified atom stereocenters. The molecule has 4 aromatic rings. The minimum atomic E-state index is -3.71. The Balaban J connectivity index is 0.000000509. The molecule has 7 N–H and O–H groups in total. The van der Waals surface area contributed by atoms with Crippen LogP contribution in [0.1, 0.15) is 122 Å². The van der Waals surface area contributed by atoms with Crippen LogP contribution in [0, 0.1) is 13.8 Å². The van der Waals surface area contributed by atoms with E-state index in [4.69, 9.17) is 4.55 Å². The van der Waals surface area contributed by atoms with Gasteiger partial charge in [0.1, 0.15) is 11.5 Å². The van der Waals surface area contributed by atoms with Crippen molar-refractivity contribution in [1.82, 2.24) is 0 Å². The second kappa shape index (κ2) is 15.3. The molecule has 0 radical (unpaired) electrons. The summed E-state index contributed by atoms with van der Waals surface area (Å²) >= 11 is 0. The Morgan fingerprint density at radius 1 is 0.612 bits per heavy atom. The number of aryl methyl sites for hydroxylation is 2. The van der Waals surface area contributed by atoms with Gasteiger partial charge in [-0.25, -0.2) is 0 Å². The highest BCUT2D eigenvalue weighted by Crippen LogP contribution is 2.54. The van der Waals surface area contributed by atoms with E-state index in [-0.39, 0.29) is 50.6 Å². The maximum absolute atomic E-state index is 12.0. The molecule has 11 nitrogen and oxygen atoms in total. The Bertz CT molecular complexity index is 1900. The highest BCUT2D eigenvalue weighted by Gasteiger charge is 2.29. The average Bonchev–Trinajstić information content (AvgIpc) is 3.00. The number of unbranched alkanes of at least 4 members (excludes halogenated alkanes) is 4. The summed E-state index contributed by atoms with van der Waals surface area (Å²) in [7, 11) is -3.71. The second-order valence-corrected chi connectivity index (χ2v) is 14.5. The summed E-state index contributed by atoms with van der Waals surface area (Å²) in [6.07, 6.45) is 5.51. The molecule has 4 aromatic carbocycles. The zero-order valence-electron chi connectivity index (χ0n) is 28.9. The van der Waals surface area contributed by atoms with E-state index in [9.17, 15) is 48.6 Å². The maximum atomic E-state index is 12.0. The summed E-state index contributed by atoms with van der Waals surface area (Å²) in [6.45, 7) is 12.6. The fourth-order valence-corrected chi connectivity index (χ4v) is 7.06. The van der Waals surface area contributed by atoms with Gasteiger partial charge < -0.3 is 30.6 Å². The number of phenols is 6. The van der Waals surface area contributed by atoms with Crippen LogP contribution in [0.25, 0.3) is 32.7 Å². The van der Waals surface area contributed by atoms with Gasteiger partial charge in [0, 0.05) is 33.0 Å². The molecule has 0 saturated carbocycles. The van der Waals surface area contributed by atoms with Crippen LogP contribution in [0.2, 0.25) is 0 Å². The molecule has 0 aliphatic carbocycles. The molecule has 49 heavy (non-hydrogen) atoms. The summed E-state index contributed by atoms with van der Waals surface area (Å²) < 4.78 is 28.8. The lowest BCUT2D eigenvalue weighted by Crippen LogP contribution is -2.03. The SMILES string of the molecule is CCCCCCCS(=O)(=O)O.Cc1cc2c(C(C)C)c(O)c(O)c(C=O)c2c(O)c1-c1c(C)cc2c(C(C)C)c(O)c(O)c(C=O)c2c1O. The molecule has 4 rings (SSSR count). The van der Waals surface area contributed by atoms with E-state index < -0.39 is 44.6 Å². The summed E-state index contributed by atoms with van der Waals surface area (Å²) in [5.74, 6) is -3.66. The van der Waals surface area contributed by atoms with Crippen LogP contribution in [0.3, 0.4) is 0 Å². The number of aldehydes is 2. The van der Waals surface area contributed by atoms with Crippen LogP contribution in [0.15, 0.2) is 12.1 Å². The standard InChI is InChI=1S/C30H30O8.C7H16O3S/c1-11(2)19-15-7-13(5)21(27(35)23(15)17(9-31)25(33)29(19)37)22-14(6)8-16-20(12(3)4)30(38)26(34)18(10-32)24(16)28(22)36;1-2-3-4-5-6-7-11(8,9)10/h7-12,33-38H,1-6H3;2-7H2,1H3,(H,8,9,10). The van der Waals surface area contributed by atoms with E-state index in [0.29, 0.717) is 52.0 Å². The lowest BCUT2D eigenvalue weighted by molar-refractivity contribution is 0.111. The largest absolute Gasteiger partial charge is 0.507 e. The number of benzene rings is 4. The lowest BCUT2D eigenvalue weighted by atomic mass is 9.83. The van der Waals surface area contributed by atoms with E-state index in [1.54, 1.807) is 53.7 Å². The van der Waals surface area contributed by atoms with E-state index in [0.717, 1.165) is 25.7 Å². The van der Waals surface area contributed by atoms with Crippen molar-refractivity contribution < 1.29 is 53.2 Å². The van der Waals surface area contributed by atoms with Crippen molar-refractivity contribution in [2.75, 3.05) is 5.75 Å². The first-order valence-electron chi connectivity index (χ1n) is 16.2. The lowest BCUT2D eigenvalue weighted by Gasteiger charge is -2.23. The van der Waals surface area contributed by atoms with Crippen molar-refractivity contribution in [2.45, 2.75) is 92.4 Å². The van der Waals surface area contributed by atoms with Gasteiger partial charge in [-0.1, -0.05) is 72.4 Å². The van der Waals surface area contributed by atoms with Gasteiger partial charge >= 0.3 is 0 Å². The molecule has 0 saturated heterocycles. The number of phenolic OH excluding ortho intramolecular Hbond substituents is 6. The third kappa shape index (κ3) is 7.55. The van der Waals surface area contributed by atoms with Crippen LogP contribution in [-0.4, -0.2) is 61.9 Å². The van der Waals surface area contributed by atoms with Gasteiger partial charge in [0.2, 0.25) is 0 Å². The maximum Gasteiger partial charge on any atom is 0.264 e. The highest BCUT2D eigenvalue weighted by atomic mass is 32.2. The van der Waals surface area contributed by atoms with Crippen molar-refractivity contribution in [2.24, 2.45) is 0 Å². The summed E-state index contributed by atoms with van der Waals surface area (Å²) in [5, 5.41) is 66.4. The van der Waals surface area contributed by atoms with Crippen LogP contribution >= 0.6 is 0 Å². The van der Waals surface area contributed by atoms with Crippen molar-refractivity contribution in [3.05, 3.63) is 45.5 Å².